The average molecular weight is 335 g/mol. The Kier molecular flexibility index (Phi) is 5.72. The molecule has 0 aliphatic carbocycles. The van der Waals surface area contributed by atoms with Crippen molar-refractivity contribution in [1.29, 1.82) is 0 Å². The molecular weight excluding hydrogens is 322 g/mol. The van der Waals surface area contributed by atoms with E-state index < -0.39 is 46.4 Å². The van der Waals surface area contributed by atoms with E-state index in [0.29, 0.717) is 6.08 Å². The maximum atomic E-state index is 13.4. The molecule has 0 unspecified atom stereocenters. The molecule has 0 aliphatic heterocycles. The summed E-state index contributed by atoms with van der Waals surface area (Å²) in [6.45, 7) is 0.950. The Labute approximate surface area is 128 Å². The van der Waals surface area contributed by atoms with Gasteiger partial charge in [-0.25, -0.2) is 14.0 Å². The van der Waals surface area contributed by atoms with Crippen LogP contribution in [-0.2, 0) is 25.2 Å². The molecule has 0 amide bonds. The van der Waals surface area contributed by atoms with Crippen LogP contribution in [0.15, 0.2) is 23.9 Å². The third-order valence-electron chi connectivity index (χ3n) is 2.82. The van der Waals surface area contributed by atoms with Crippen LogP contribution in [0.4, 0.5) is 23.2 Å². The van der Waals surface area contributed by atoms with E-state index in [1.807, 2.05) is 0 Å². The van der Waals surface area contributed by atoms with Gasteiger partial charge in [0, 0.05) is 0 Å². The second-order valence-electron chi connectivity index (χ2n) is 4.29. The smallest absolute Gasteiger partial charge is 0.418 e. The van der Waals surface area contributed by atoms with E-state index in [0.717, 1.165) is 33.3 Å². The van der Waals surface area contributed by atoms with E-state index >= 15 is 0 Å². The number of hydrogen-bond acceptors (Lipinski definition) is 5. The van der Waals surface area contributed by atoms with Crippen LogP contribution in [0.3, 0.4) is 0 Å². The number of carbonyl (C=O) groups excluding carboxylic acids is 2. The minimum absolute atomic E-state index is 0.587. The van der Waals surface area contributed by atoms with Gasteiger partial charge in [0.05, 0.1) is 31.5 Å². The van der Waals surface area contributed by atoms with E-state index in [4.69, 9.17) is 0 Å². The topological polar surface area (TPSA) is 64.6 Å². The fraction of sp³-hybridized carbons (Fsp3) is 0.286. The fourth-order valence-electron chi connectivity index (χ4n) is 1.73. The molecule has 1 aromatic rings. The first kappa shape index (κ1) is 18.5. The van der Waals surface area contributed by atoms with Gasteiger partial charge >= 0.3 is 18.1 Å². The van der Waals surface area contributed by atoms with Crippen LogP contribution >= 0.6 is 0 Å². The van der Waals surface area contributed by atoms with Gasteiger partial charge in [0.2, 0.25) is 0 Å². The van der Waals surface area contributed by atoms with Gasteiger partial charge < -0.3 is 14.8 Å². The van der Waals surface area contributed by atoms with Crippen molar-refractivity contribution in [3.8, 4) is 0 Å². The zero-order valence-electron chi connectivity index (χ0n) is 12.4. The molecule has 1 N–H and O–H groups in total. The van der Waals surface area contributed by atoms with Gasteiger partial charge in [0.15, 0.2) is 0 Å². The Morgan fingerprint density at radius 1 is 1.17 bits per heavy atom. The molecule has 0 bridgehead atoms. The molecule has 9 heteroatoms. The Morgan fingerprint density at radius 2 is 1.78 bits per heavy atom. The number of rotatable bonds is 4. The number of alkyl halides is 3. The van der Waals surface area contributed by atoms with Crippen LogP contribution in [0.5, 0.6) is 0 Å². The largest absolute Gasteiger partial charge is 0.466 e. The standard InChI is InChI=1S/C14H13F4NO4/c1-7-8(15)4-5-9(12(7)14(16,17)18)19-10(13(21)23-3)6-11(20)22-2/h4-6,19H,1-3H3/b10-6+. The molecule has 0 radical (unpaired) electrons. The van der Waals surface area contributed by atoms with Crippen molar-refractivity contribution in [2.75, 3.05) is 19.5 Å². The minimum atomic E-state index is -4.87. The van der Waals surface area contributed by atoms with E-state index in [1.54, 1.807) is 0 Å². The normalized spacial score (nSPS) is 11.9. The zero-order chi connectivity index (χ0) is 17.8. The monoisotopic (exact) mass is 335 g/mol. The third kappa shape index (κ3) is 4.44. The van der Waals surface area contributed by atoms with Gasteiger partial charge in [0.25, 0.3) is 0 Å². The van der Waals surface area contributed by atoms with Crippen molar-refractivity contribution in [3.63, 3.8) is 0 Å². The van der Waals surface area contributed by atoms with Gasteiger partial charge in [-0.1, -0.05) is 0 Å². The molecule has 0 saturated carbocycles. The first-order valence-corrected chi connectivity index (χ1v) is 6.13. The summed E-state index contributed by atoms with van der Waals surface area (Å²) in [5.41, 5.74) is -3.13. The highest BCUT2D eigenvalue weighted by Gasteiger charge is 2.37. The number of benzene rings is 1. The molecule has 0 aliphatic rings. The molecule has 1 aromatic carbocycles. The number of nitrogens with one attached hydrogen (secondary N) is 1. The van der Waals surface area contributed by atoms with Crippen LogP contribution in [-0.4, -0.2) is 26.2 Å². The SMILES string of the molecule is COC(=O)/C=C(/Nc1ccc(F)c(C)c1C(F)(F)F)C(=O)OC. The van der Waals surface area contributed by atoms with Crippen LogP contribution in [0.1, 0.15) is 11.1 Å². The summed E-state index contributed by atoms with van der Waals surface area (Å²) in [6.07, 6.45) is -4.24. The summed E-state index contributed by atoms with van der Waals surface area (Å²) in [7, 11) is 2.01. The molecule has 0 saturated heterocycles. The summed E-state index contributed by atoms with van der Waals surface area (Å²) in [5, 5.41) is 2.14. The summed E-state index contributed by atoms with van der Waals surface area (Å²) in [6, 6.07) is 1.61. The minimum Gasteiger partial charge on any atom is -0.466 e. The lowest BCUT2D eigenvalue weighted by atomic mass is 10.0. The average Bonchev–Trinajstić information content (AvgIpc) is 2.47. The first-order chi connectivity index (χ1) is 10.6. The fourth-order valence-corrected chi connectivity index (χ4v) is 1.73. The first-order valence-electron chi connectivity index (χ1n) is 6.13. The molecule has 0 fully saturated rings. The summed E-state index contributed by atoms with van der Waals surface area (Å²) < 4.78 is 61.4. The maximum Gasteiger partial charge on any atom is 0.418 e. The lowest BCUT2D eigenvalue weighted by molar-refractivity contribution is -0.138. The molecule has 5 nitrogen and oxygen atoms in total. The van der Waals surface area contributed by atoms with Crippen LogP contribution in [0.25, 0.3) is 0 Å². The number of carbonyl (C=O) groups is 2. The number of esters is 2. The summed E-state index contributed by atoms with van der Waals surface area (Å²) in [5.74, 6) is -3.13. The molecule has 0 heterocycles. The molecular formula is C14H13F4NO4. The molecule has 0 aromatic heterocycles. The predicted octanol–water partition coefficient (Wildman–Crippen LogP) is 2.79. The number of halogens is 4. The summed E-state index contributed by atoms with van der Waals surface area (Å²) in [4.78, 5) is 22.8. The molecule has 23 heavy (non-hydrogen) atoms. The summed E-state index contributed by atoms with van der Waals surface area (Å²) >= 11 is 0. The molecule has 0 spiro atoms. The lowest BCUT2D eigenvalue weighted by Gasteiger charge is -2.18. The van der Waals surface area contributed by atoms with E-state index in [9.17, 15) is 27.2 Å². The van der Waals surface area contributed by atoms with Crippen molar-refractivity contribution in [2.45, 2.75) is 13.1 Å². The predicted molar refractivity (Wildman–Crippen MR) is 71.9 cm³/mol. The van der Waals surface area contributed by atoms with E-state index in [-0.39, 0.29) is 0 Å². The van der Waals surface area contributed by atoms with Gasteiger partial charge in [0.1, 0.15) is 11.5 Å². The highest BCUT2D eigenvalue weighted by atomic mass is 19.4. The Morgan fingerprint density at radius 3 is 2.26 bits per heavy atom. The van der Waals surface area contributed by atoms with Crippen LogP contribution < -0.4 is 5.32 Å². The Bertz CT molecular complexity index is 653. The Balaban J connectivity index is 3.40. The highest BCUT2D eigenvalue weighted by molar-refractivity contribution is 5.98. The zero-order valence-corrected chi connectivity index (χ0v) is 12.4. The van der Waals surface area contributed by atoms with Gasteiger partial charge in [-0.3, -0.25) is 0 Å². The van der Waals surface area contributed by atoms with Gasteiger partial charge in [-0.2, -0.15) is 13.2 Å². The number of methoxy groups -OCH3 is 2. The number of hydrogen-bond donors (Lipinski definition) is 1. The lowest BCUT2D eigenvalue weighted by Crippen LogP contribution is -2.19. The second kappa shape index (κ2) is 7.12. The quantitative estimate of drug-likeness (QED) is 0.521. The van der Waals surface area contributed by atoms with Crippen LogP contribution in [0.2, 0.25) is 0 Å². The van der Waals surface area contributed by atoms with Crippen molar-refractivity contribution in [1.82, 2.24) is 0 Å². The highest BCUT2D eigenvalue weighted by Crippen LogP contribution is 2.38. The molecule has 126 valence electrons. The van der Waals surface area contributed by atoms with Crippen molar-refractivity contribution in [2.24, 2.45) is 0 Å². The van der Waals surface area contributed by atoms with Crippen molar-refractivity contribution in [3.05, 3.63) is 40.8 Å². The third-order valence-corrected chi connectivity index (χ3v) is 2.82. The van der Waals surface area contributed by atoms with Gasteiger partial charge in [-0.05, 0) is 24.6 Å². The number of ether oxygens (including phenoxy) is 2. The van der Waals surface area contributed by atoms with Crippen LogP contribution in [0, 0.1) is 12.7 Å². The molecule has 1 rings (SSSR count). The van der Waals surface area contributed by atoms with E-state index in [2.05, 4.69) is 14.8 Å². The second-order valence-corrected chi connectivity index (χ2v) is 4.29. The van der Waals surface area contributed by atoms with Crippen molar-refractivity contribution >= 4 is 17.6 Å². The van der Waals surface area contributed by atoms with Crippen molar-refractivity contribution < 1.29 is 36.6 Å². The maximum absolute atomic E-state index is 13.4. The van der Waals surface area contributed by atoms with E-state index in [1.165, 1.54) is 0 Å². The Hall–Kier alpha value is -2.58. The molecule has 0 atom stereocenters. The van der Waals surface area contributed by atoms with Gasteiger partial charge in [-0.15, -0.1) is 0 Å². The number of anilines is 1.